The van der Waals surface area contributed by atoms with Crippen LogP contribution >= 0.6 is 0 Å². The number of carbonyl (C=O) groups excluding carboxylic acids is 1. The van der Waals surface area contributed by atoms with E-state index in [2.05, 4.69) is 5.32 Å². The number of methoxy groups -OCH3 is 1. The number of carbonyl (C=O) groups is 1. The van der Waals surface area contributed by atoms with Crippen LogP contribution in [-0.2, 0) is 14.8 Å². The van der Waals surface area contributed by atoms with E-state index in [9.17, 15) is 13.2 Å². The fourth-order valence-corrected chi connectivity index (χ4v) is 6.09. The highest BCUT2D eigenvalue weighted by Crippen LogP contribution is 2.37. The first-order valence-corrected chi connectivity index (χ1v) is 12.3. The zero-order valence-electron chi connectivity index (χ0n) is 18.2. The Hall–Kier alpha value is -3.36. The molecule has 0 unspecified atom stereocenters. The standard InChI is InChI=1S/C25H24N2O5S/c1-31-24-15-19-18-11-5-6-13-22(18)32-23(19)16-20(24)26-25(28)21-12-7-8-14-27(21)33(29,30)17-9-3-2-4-10-17/h2-6,9-11,13,15-16,21H,7-8,12,14H2,1H3,(H,26,28)/t21-/m1/s1. The van der Waals surface area contributed by atoms with E-state index in [1.807, 2.05) is 30.3 Å². The molecule has 1 aromatic heterocycles. The van der Waals surface area contributed by atoms with Gasteiger partial charge in [0.15, 0.2) is 0 Å². The maximum absolute atomic E-state index is 13.3. The van der Waals surface area contributed by atoms with Crippen LogP contribution < -0.4 is 10.1 Å². The molecular formula is C25H24N2O5S. The van der Waals surface area contributed by atoms with Gasteiger partial charge in [-0.1, -0.05) is 42.8 Å². The number of ether oxygens (including phenoxy) is 1. The van der Waals surface area contributed by atoms with Gasteiger partial charge in [0, 0.05) is 23.4 Å². The molecule has 7 nitrogen and oxygen atoms in total. The number of fused-ring (bicyclic) bond motifs is 3. The van der Waals surface area contributed by atoms with Crippen LogP contribution in [0.25, 0.3) is 21.9 Å². The van der Waals surface area contributed by atoms with Crippen LogP contribution in [0, 0.1) is 0 Å². The van der Waals surface area contributed by atoms with Crippen LogP contribution in [0.4, 0.5) is 5.69 Å². The number of sulfonamides is 1. The van der Waals surface area contributed by atoms with Crippen LogP contribution in [0.15, 0.2) is 76.0 Å². The third-order valence-electron chi connectivity index (χ3n) is 6.06. The van der Waals surface area contributed by atoms with Crippen LogP contribution in [-0.4, -0.2) is 38.3 Å². The molecule has 0 bridgehead atoms. The van der Waals surface area contributed by atoms with Crippen molar-refractivity contribution in [2.75, 3.05) is 19.0 Å². The number of hydrogen-bond acceptors (Lipinski definition) is 5. The Bertz CT molecular complexity index is 1430. The number of benzene rings is 3. The van der Waals surface area contributed by atoms with Crippen molar-refractivity contribution in [3.05, 3.63) is 66.7 Å². The Kier molecular flexibility index (Phi) is 5.55. The third-order valence-corrected chi connectivity index (χ3v) is 7.99. The third kappa shape index (κ3) is 3.85. The van der Waals surface area contributed by atoms with E-state index in [1.165, 1.54) is 11.4 Å². The van der Waals surface area contributed by atoms with Crippen molar-refractivity contribution in [2.24, 2.45) is 0 Å². The second-order valence-electron chi connectivity index (χ2n) is 8.08. The lowest BCUT2D eigenvalue weighted by Gasteiger charge is -2.33. The number of para-hydroxylation sites is 1. The molecule has 5 rings (SSSR count). The summed E-state index contributed by atoms with van der Waals surface area (Å²) in [7, 11) is -2.26. The molecule has 1 saturated heterocycles. The molecule has 0 aliphatic carbocycles. The lowest BCUT2D eigenvalue weighted by atomic mass is 10.0. The Morgan fingerprint density at radius 2 is 1.76 bits per heavy atom. The van der Waals surface area contributed by atoms with Crippen molar-refractivity contribution < 1.29 is 22.4 Å². The summed E-state index contributed by atoms with van der Waals surface area (Å²) in [6.45, 7) is 0.301. The zero-order chi connectivity index (χ0) is 23.0. The molecule has 2 heterocycles. The summed E-state index contributed by atoms with van der Waals surface area (Å²) in [4.78, 5) is 13.5. The molecule has 1 atom stereocenters. The Labute approximate surface area is 192 Å². The fourth-order valence-electron chi connectivity index (χ4n) is 4.42. The first kappa shape index (κ1) is 21.5. The first-order chi connectivity index (χ1) is 16.0. The van der Waals surface area contributed by atoms with E-state index in [4.69, 9.17) is 9.15 Å². The number of piperidine rings is 1. The van der Waals surface area contributed by atoms with E-state index in [1.54, 1.807) is 36.4 Å². The predicted molar refractivity (Wildman–Crippen MR) is 127 cm³/mol. The van der Waals surface area contributed by atoms with Crippen LogP contribution in [0.2, 0.25) is 0 Å². The topological polar surface area (TPSA) is 88.9 Å². The highest BCUT2D eigenvalue weighted by molar-refractivity contribution is 7.89. The van der Waals surface area contributed by atoms with Crippen molar-refractivity contribution >= 4 is 43.6 Å². The second-order valence-corrected chi connectivity index (χ2v) is 9.97. The summed E-state index contributed by atoms with van der Waals surface area (Å²) < 4.78 is 39.3. The van der Waals surface area contributed by atoms with Crippen LogP contribution in [0.5, 0.6) is 5.75 Å². The molecular weight excluding hydrogens is 440 g/mol. The molecule has 170 valence electrons. The molecule has 8 heteroatoms. The molecule has 4 aromatic rings. The summed E-state index contributed by atoms with van der Waals surface area (Å²) >= 11 is 0. The summed E-state index contributed by atoms with van der Waals surface area (Å²) in [5.74, 6) is 0.0960. The van der Waals surface area contributed by atoms with Gasteiger partial charge in [-0.25, -0.2) is 8.42 Å². The van der Waals surface area contributed by atoms with E-state index < -0.39 is 16.1 Å². The Morgan fingerprint density at radius 1 is 1.00 bits per heavy atom. The van der Waals surface area contributed by atoms with Gasteiger partial charge in [-0.3, -0.25) is 4.79 Å². The van der Waals surface area contributed by atoms with E-state index in [0.29, 0.717) is 36.4 Å². The number of furan rings is 1. The molecule has 0 radical (unpaired) electrons. The molecule has 1 fully saturated rings. The van der Waals surface area contributed by atoms with Gasteiger partial charge in [0.25, 0.3) is 0 Å². The lowest BCUT2D eigenvalue weighted by Crippen LogP contribution is -2.49. The predicted octanol–water partition coefficient (Wildman–Crippen LogP) is 4.78. The van der Waals surface area contributed by atoms with Gasteiger partial charge in [0.1, 0.15) is 23.0 Å². The van der Waals surface area contributed by atoms with Crippen molar-refractivity contribution in [2.45, 2.75) is 30.2 Å². The van der Waals surface area contributed by atoms with Gasteiger partial charge < -0.3 is 14.5 Å². The maximum Gasteiger partial charge on any atom is 0.243 e. The number of hydrogen-bond donors (Lipinski definition) is 1. The van der Waals surface area contributed by atoms with Gasteiger partial charge >= 0.3 is 0 Å². The van der Waals surface area contributed by atoms with Gasteiger partial charge in [-0.2, -0.15) is 4.31 Å². The van der Waals surface area contributed by atoms with Crippen LogP contribution in [0.3, 0.4) is 0 Å². The maximum atomic E-state index is 13.3. The minimum absolute atomic E-state index is 0.186. The van der Waals surface area contributed by atoms with Crippen molar-refractivity contribution in [3.63, 3.8) is 0 Å². The Balaban J connectivity index is 1.48. The Morgan fingerprint density at radius 3 is 2.55 bits per heavy atom. The normalized spacial score (nSPS) is 17.3. The summed E-state index contributed by atoms with van der Waals surface area (Å²) in [6, 6.07) is 18.7. The molecule has 33 heavy (non-hydrogen) atoms. The van der Waals surface area contributed by atoms with E-state index >= 15 is 0 Å². The molecule has 1 aliphatic heterocycles. The highest BCUT2D eigenvalue weighted by Gasteiger charge is 2.37. The summed E-state index contributed by atoms with van der Waals surface area (Å²) in [6.07, 6.45) is 1.94. The minimum atomic E-state index is -3.79. The van der Waals surface area contributed by atoms with Gasteiger partial charge in [0.2, 0.25) is 15.9 Å². The number of nitrogens with one attached hydrogen (secondary N) is 1. The SMILES string of the molecule is COc1cc2c(cc1NC(=O)[C@H]1CCCCN1S(=O)(=O)c1ccccc1)oc1ccccc12. The van der Waals surface area contributed by atoms with E-state index in [0.717, 1.165) is 22.8 Å². The monoisotopic (exact) mass is 464 g/mol. The molecule has 0 spiro atoms. The number of amides is 1. The van der Waals surface area contributed by atoms with Crippen molar-refractivity contribution in [1.29, 1.82) is 0 Å². The van der Waals surface area contributed by atoms with Gasteiger partial charge in [-0.15, -0.1) is 0 Å². The summed E-state index contributed by atoms with van der Waals surface area (Å²) in [5.41, 5.74) is 1.80. The fraction of sp³-hybridized carbons (Fsp3) is 0.240. The average molecular weight is 465 g/mol. The first-order valence-electron chi connectivity index (χ1n) is 10.9. The van der Waals surface area contributed by atoms with E-state index in [-0.39, 0.29) is 10.8 Å². The smallest absolute Gasteiger partial charge is 0.243 e. The molecule has 0 saturated carbocycles. The van der Waals surface area contributed by atoms with Crippen molar-refractivity contribution in [1.82, 2.24) is 4.31 Å². The summed E-state index contributed by atoms with van der Waals surface area (Å²) in [5, 5.41) is 4.73. The zero-order valence-corrected chi connectivity index (χ0v) is 19.0. The lowest BCUT2D eigenvalue weighted by molar-refractivity contribution is -0.120. The van der Waals surface area contributed by atoms with Crippen LogP contribution in [0.1, 0.15) is 19.3 Å². The number of nitrogens with zero attached hydrogens (tertiary/aromatic N) is 1. The molecule has 1 N–H and O–H groups in total. The number of anilines is 1. The second kappa shape index (κ2) is 8.53. The quantitative estimate of drug-likeness (QED) is 0.459. The molecule has 1 aliphatic rings. The minimum Gasteiger partial charge on any atom is -0.495 e. The van der Waals surface area contributed by atoms with Gasteiger partial charge in [-0.05, 0) is 37.1 Å². The highest BCUT2D eigenvalue weighted by atomic mass is 32.2. The van der Waals surface area contributed by atoms with Gasteiger partial charge in [0.05, 0.1) is 17.7 Å². The number of rotatable bonds is 5. The largest absolute Gasteiger partial charge is 0.495 e. The molecule has 3 aromatic carbocycles. The van der Waals surface area contributed by atoms with Crippen molar-refractivity contribution in [3.8, 4) is 5.75 Å². The molecule has 1 amide bonds. The average Bonchev–Trinajstić information content (AvgIpc) is 3.21.